The Morgan fingerprint density at radius 2 is 1.92 bits per heavy atom. The minimum absolute atomic E-state index is 0.314. The van der Waals surface area contributed by atoms with Gasteiger partial charge in [0.15, 0.2) is 0 Å². The normalized spacial score (nSPS) is 20.6. The SMILES string of the molecule is N[C@@H](Cc1ccc(OCCOC2CC/C=C/CCC2)cc1)C(=O)O. The molecule has 0 saturated heterocycles. The maximum atomic E-state index is 10.7. The van der Waals surface area contributed by atoms with Crippen molar-refractivity contribution in [3.8, 4) is 5.75 Å². The van der Waals surface area contributed by atoms with Crippen LogP contribution in [0.5, 0.6) is 5.75 Å². The second-order valence-corrected chi connectivity index (χ2v) is 6.11. The first-order chi connectivity index (χ1) is 11.6. The quantitative estimate of drug-likeness (QED) is 0.565. The van der Waals surface area contributed by atoms with Gasteiger partial charge >= 0.3 is 5.97 Å². The molecule has 1 unspecified atom stereocenters. The van der Waals surface area contributed by atoms with E-state index in [0.717, 1.165) is 37.0 Å². The molecule has 0 saturated carbocycles. The lowest BCUT2D eigenvalue weighted by molar-refractivity contribution is -0.138. The third-order valence-electron chi connectivity index (χ3n) is 4.12. The summed E-state index contributed by atoms with van der Waals surface area (Å²) in [6, 6.07) is 6.50. The van der Waals surface area contributed by atoms with E-state index in [1.165, 1.54) is 6.42 Å². The van der Waals surface area contributed by atoms with Crippen LogP contribution in [0.4, 0.5) is 0 Å². The number of hydrogen-bond donors (Lipinski definition) is 2. The molecule has 24 heavy (non-hydrogen) atoms. The molecule has 1 aromatic rings. The molecule has 0 heterocycles. The molecule has 5 nitrogen and oxygen atoms in total. The molecule has 0 spiro atoms. The summed E-state index contributed by atoms with van der Waals surface area (Å²) < 4.78 is 11.6. The molecule has 0 radical (unpaired) electrons. The second kappa shape index (κ2) is 10.1. The lowest BCUT2D eigenvalue weighted by Crippen LogP contribution is -2.32. The highest BCUT2D eigenvalue weighted by Gasteiger charge is 2.12. The number of nitrogens with two attached hydrogens (primary N) is 1. The van der Waals surface area contributed by atoms with E-state index in [9.17, 15) is 4.79 Å². The number of allylic oxidation sites excluding steroid dienone is 2. The molecule has 0 amide bonds. The number of ether oxygens (including phenoxy) is 2. The van der Waals surface area contributed by atoms with Gasteiger partial charge in [-0.2, -0.15) is 0 Å². The number of benzene rings is 1. The van der Waals surface area contributed by atoms with Gasteiger partial charge in [0.2, 0.25) is 0 Å². The summed E-state index contributed by atoms with van der Waals surface area (Å²) in [7, 11) is 0. The van der Waals surface area contributed by atoms with Gasteiger partial charge in [-0.1, -0.05) is 24.3 Å². The maximum absolute atomic E-state index is 10.7. The lowest BCUT2D eigenvalue weighted by atomic mass is 10.0. The Balaban J connectivity index is 1.67. The molecular weight excluding hydrogens is 306 g/mol. The second-order valence-electron chi connectivity index (χ2n) is 6.11. The number of carbonyl (C=O) groups is 1. The zero-order valence-corrected chi connectivity index (χ0v) is 14.0. The third kappa shape index (κ3) is 6.72. The van der Waals surface area contributed by atoms with Gasteiger partial charge in [-0.3, -0.25) is 4.79 Å². The number of rotatable bonds is 8. The van der Waals surface area contributed by atoms with Crippen molar-refractivity contribution < 1.29 is 19.4 Å². The molecule has 0 bridgehead atoms. The molecule has 132 valence electrons. The molecule has 3 N–H and O–H groups in total. The van der Waals surface area contributed by atoms with Crippen molar-refractivity contribution in [1.82, 2.24) is 0 Å². The highest BCUT2D eigenvalue weighted by Crippen LogP contribution is 2.16. The van der Waals surface area contributed by atoms with Crippen LogP contribution in [-0.4, -0.2) is 36.4 Å². The van der Waals surface area contributed by atoms with Crippen LogP contribution in [0.25, 0.3) is 0 Å². The number of aliphatic carboxylic acids is 1. The highest BCUT2D eigenvalue weighted by atomic mass is 16.5. The highest BCUT2D eigenvalue weighted by molar-refractivity contribution is 5.73. The minimum atomic E-state index is -0.989. The minimum Gasteiger partial charge on any atom is -0.491 e. The van der Waals surface area contributed by atoms with Crippen molar-refractivity contribution in [3.05, 3.63) is 42.0 Å². The Kier molecular flexibility index (Phi) is 7.79. The van der Waals surface area contributed by atoms with Crippen LogP contribution in [0.2, 0.25) is 0 Å². The predicted molar refractivity (Wildman–Crippen MR) is 93.2 cm³/mol. The van der Waals surface area contributed by atoms with Crippen LogP contribution < -0.4 is 10.5 Å². The molecule has 0 aromatic heterocycles. The molecule has 5 heteroatoms. The summed E-state index contributed by atoms with van der Waals surface area (Å²) in [6.45, 7) is 1.10. The largest absolute Gasteiger partial charge is 0.491 e. The molecule has 2 atom stereocenters. The van der Waals surface area contributed by atoms with Gasteiger partial charge in [-0.15, -0.1) is 0 Å². The van der Waals surface area contributed by atoms with Crippen LogP contribution in [-0.2, 0) is 16.0 Å². The fraction of sp³-hybridized carbons (Fsp3) is 0.526. The molecule has 1 aliphatic carbocycles. The van der Waals surface area contributed by atoms with E-state index in [1.54, 1.807) is 0 Å². The van der Waals surface area contributed by atoms with E-state index in [4.69, 9.17) is 20.3 Å². The average molecular weight is 333 g/mol. The first kappa shape index (κ1) is 18.5. The van der Waals surface area contributed by atoms with Gasteiger partial charge in [-0.05, 0) is 56.2 Å². The van der Waals surface area contributed by atoms with Crippen molar-refractivity contribution in [1.29, 1.82) is 0 Å². The molecule has 1 aliphatic rings. The maximum Gasteiger partial charge on any atom is 0.320 e. The first-order valence-corrected chi connectivity index (χ1v) is 8.62. The van der Waals surface area contributed by atoms with Gasteiger partial charge in [0, 0.05) is 0 Å². The first-order valence-electron chi connectivity index (χ1n) is 8.62. The van der Waals surface area contributed by atoms with Gasteiger partial charge in [0.1, 0.15) is 18.4 Å². The topological polar surface area (TPSA) is 81.8 Å². The van der Waals surface area contributed by atoms with E-state index in [0.29, 0.717) is 25.7 Å². The van der Waals surface area contributed by atoms with Crippen molar-refractivity contribution in [2.24, 2.45) is 5.73 Å². The summed E-state index contributed by atoms with van der Waals surface area (Å²) in [4.78, 5) is 10.7. The third-order valence-corrected chi connectivity index (χ3v) is 4.12. The fourth-order valence-electron chi connectivity index (χ4n) is 2.73. The van der Waals surface area contributed by atoms with E-state index in [2.05, 4.69) is 12.2 Å². The Morgan fingerprint density at radius 1 is 1.17 bits per heavy atom. The van der Waals surface area contributed by atoms with Crippen molar-refractivity contribution in [2.75, 3.05) is 13.2 Å². The Bertz CT molecular complexity index is 527. The molecule has 1 aromatic carbocycles. The van der Waals surface area contributed by atoms with Crippen LogP contribution >= 0.6 is 0 Å². The average Bonchev–Trinajstić information content (AvgIpc) is 2.54. The summed E-state index contributed by atoms with van der Waals surface area (Å²) in [5.74, 6) is -0.232. The molecular formula is C19H27NO4. The van der Waals surface area contributed by atoms with Crippen molar-refractivity contribution in [2.45, 2.75) is 50.7 Å². The zero-order valence-electron chi connectivity index (χ0n) is 14.0. The van der Waals surface area contributed by atoms with Gasteiger partial charge < -0.3 is 20.3 Å². The standard InChI is InChI=1S/C19H27NO4/c20-18(19(21)22)14-15-8-10-17(11-9-15)24-13-12-23-16-6-4-2-1-3-5-7-16/h1-2,8-11,16,18H,3-7,12-14,20H2,(H,21,22)/b2-1+/t16?,18-/m0/s1. The Morgan fingerprint density at radius 3 is 2.67 bits per heavy atom. The molecule has 0 aliphatic heterocycles. The van der Waals surface area contributed by atoms with Crippen LogP contribution in [0.1, 0.15) is 37.7 Å². The predicted octanol–water partition coefficient (Wildman–Crippen LogP) is 2.93. The molecule has 0 fully saturated rings. The van der Waals surface area contributed by atoms with Crippen LogP contribution in [0.15, 0.2) is 36.4 Å². The summed E-state index contributed by atoms with van der Waals surface area (Å²) in [5, 5.41) is 8.81. The van der Waals surface area contributed by atoms with Gasteiger partial charge in [0.05, 0.1) is 12.7 Å². The Hall–Kier alpha value is -1.85. The van der Waals surface area contributed by atoms with E-state index >= 15 is 0 Å². The number of carboxylic acid groups (broad SMARTS) is 1. The van der Waals surface area contributed by atoms with E-state index in [-0.39, 0.29) is 0 Å². The summed E-state index contributed by atoms with van der Waals surface area (Å²) in [6.07, 6.45) is 10.8. The molecule has 2 rings (SSSR count). The zero-order chi connectivity index (χ0) is 17.2. The monoisotopic (exact) mass is 333 g/mol. The van der Waals surface area contributed by atoms with E-state index < -0.39 is 12.0 Å². The smallest absolute Gasteiger partial charge is 0.320 e. The number of carboxylic acids is 1. The number of hydrogen-bond acceptors (Lipinski definition) is 4. The summed E-state index contributed by atoms with van der Waals surface area (Å²) >= 11 is 0. The van der Waals surface area contributed by atoms with Crippen molar-refractivity contribution in [3.63, 3.8) is 0 Å². The Labute approximate surface area is 143 Å². The summed E-state index contributed by atoms with van der Waals surface area (Å²) in [5.41, 5.74) is 6.41. The van der Waals surface area contributed by atoms with Gasteiger partial charge in [0.25, 0.3) is 0 Å². The van der Waals surface area contributed by atoms with Gasteiger partial charge in [-0.25, -0.2) is 0 Å². The van der Waals surface area contributed by atoms with Crippen molar-refractivity contribution >= 4 is 5.97 Å². The fourth-order valence-corrected chi connectivity index (χ4v) is 2.73. The van der Waals surface area contributed by atoms with E-state index in [1.807, 2.05) is 24.3 Å². The lowest BCUT2D eigenvalue weighted by Gasteiger charge is -2.18. The van der Waals surface area contributed by atoms with Crippen LogP contribution in [0.3, 0.4) is 0 Å². The van der Waals surface area contributed by atoms with Crippen LogP contribution in [0, 0.1) is 0 Å².